The SMILES string of the molecule is C[C@H]1CC(=O)C=C(OS(=O)(=O)C(F)(F)F)C1. The summed E-state index contributed by atoms with van der Waals surface area (Å²) in [7, 11) is -5.66. The van der Waals surface area contributed by atoms with Crippen molar-refractivity contribution in [2.45, 2.75) is 25.3 Å². The molecular weight excluding hydrogens is 249 g/mol. The van der Waals surface area contributed by atoms with Gasteiger partial charge in [-0.3, -0.25) is 4.79 Å². The van der Waals surface area contributed by atoms with Crippen LogP contribution in [0.2, 0.25) is 0 Å². The Morgan fingerprint density at radius 1 is 1.38 bits per heavy atom. The van der Waals surface area contributed by atoms with Crippen molar-refractivity contribution in [3.05, 3.63) is 11.8 Å². The van der Waals surface area contributed by atoms with Crippen molar-refractivity contribution in [2.75, 3.05) is 0 Å². The number of hydrogen-bond donors (Lipinski definition) is 0. The summed E-state index contributed by atoms with van der Waals surface area (Å²) >= 11 is 0. The normalized spacial score (nSPS) is 22.9. The van der Waals surface area contributed by atoms with E-state index in [1.165, 1.54) is 0 Å². The molecule has 0 amide bonds. The minimum Gasteiger partial charge on any atom is -0.380 e. The van der Waals surface area contributed by atoms with Gasteiger partial charge in [0.1, 0.15) is 5.76 Å². The summed E-state index contributed by atoms with van der Waals surface area (Å²) in [6.07, 6.45) is 0.975. The lowest BCUT2D eigenvalue weighted by molar-refractivity contribution is -0.116. The van der Waals surface area contributed by atoms with E-state index >= 15 is 0 Å². The quantitative estimate of drug-likeness (QED) is 0.559. The summed E-state index contributed by atoms with van der Waals surface area (Å²) in [6.45, 7) is 1.62. The summed E-state index contributed by atoms with van der Waals surface area (Å²) in [4.78, 5) is 11.0. The second kappa shape index (κ2) is 4.08. The molecule has 1 rings (SSSR count). The first-order chi connectivity index (χ1) is 7.12. The van der Waals surface area contributed by atoms with Gasteiger partial charge in [-0.1, -0.05) is 6.92 Å². The Hall–Kier alpha value is -1.05. The van der Waals surface area contributed by atoms with E-state index in [0.717, 1.165) is 6.08 Å². The van der Waals surface area contributed by atoms with Crippen LogP contribution in [0.3, 0.4) is 0 Å². The number of alkyl halides is 3. The number of allylic oxidation sites excluding steroid dienone is 2. The van der Waals surface area contributed by atoms with Crippen LogP contribution in [0.1, 0.15) is 19.8 Å². The Morgan fingerprint density at radius 3 is 2.38 bits per heavy atom. The maximum absolute atomic E-state index is 12.0. The smallest absolute Gasteiger partial charge is 0.380 e. The fourth-order valence-electron chi connectivity index (χ4n) is 1.30. The van der Waals surface area contributed by atoms with E-state index in [4.69, 9.17) is 0 Å². The highest BCUT2D eigenvalue weighted by Gasteiger charge is 2.49. The van der Waals surface area contributed by atoms with Gasteiger partial charge < -0.3 is 4.18 Å². The Labute approximate surface area is 90.2 Å². The molecule has 0 heterocycles. The molecule has 0 aromatic carbocycles. The lowest BCUT2D eigenvalue weighted by Gasteiger charge is -2.18. The van der Waals surface area contributed by atoms with Crippen LogP contribution in [0.15, 0.2) is 11.8 Å². The fraction of sp³-hybridized carbons (Fsp3) is 0.625. The van der Waals surface area contributed by atoms with Crippen molar-refractivity contribution in [3.63, 3.8) is 0 Å². The Kier molecular flexibility index (Phi) is 3.32. The van der Waals surface area contributed by atoms with Crippen LogP contribution in [0.25, 0.3) is 0 Å². The fourth-order valence-corrected chi connectivity index (χ4v) is 1.80. The first-order valence-electron chi connectivity index (χ1n) is 4.36. The Balaban J connectivity index is 2.87. The standard InChI is InChI=1S/C8H9F3O4S/c1-5-2-6(12)4-7(3-5)15-16(13,14)8(9,10)11/h4-5H,2-3H2,1H3/t5-/m0/s1. The van der Waals surface area contributed by atoms with E-state index in [1.807, 2.05) is 0 Å². The van der Waals surface area contributed by atoms with Gasteiger partial charge in [-0.05, 0) is 5.92 Å². The number of hydrogen-bond acceptors (Lipinski definition) is 4. The van der Waals surface area contributed by atoms with Crippen LogP contribution in [-0.4, -0.2) is 19.7 Å². The molecule has 0 bridgehead atoms. The third-order valence-corrected chi connectivity index (χ3v) is 2.92. The van der Waals surface area contributed by atoms with E-state index in [-0.39, 0.29) is 18.8 Å². The first-order valence-corrected chi connectivity index (χ1v) is 5.77. The predicted octanol–water partition coefficient (Wildman–Crippen LogP) is 1.74. The van der Waals surface area contributed by atoms with Crippen LogP contribution in [0.5, 0.6) is 0 Å². The molecule has 0 saturated carbocycles. The van der Waals surface area contributed by atoms with Crippen molar-refractivity contribution < 1.29 is 30.6 Å². The number of rotatable bonds is 2. The summed E-state index contributed by atoms with van der Waals surface area (Å²) in [6, 6.07) is 0. The zero-order chi connectivity index (χ0) is 12.6. The summed E-state index contributed by atoms with van der Waals surface area (Å²) < 4.78 is 61.0. The van der Waals surface area contributed by atoms with E-state index in [2.05, 4.69) is 4.18 Å². The second-order valence-corrected chi connectivity index (χ2v) is 5.11. The molecule has 0 unspecified atom stereocenters. The van der Waals surface area contributed by atoms with Crippen molar-refractivity contribution in [2.24, 2.45) is 5.92 Å². The summed E-state index contributed by atoms with van der Waals surface area (Å²) in [5.41, 5.74) is -5.47. The van der Waals surface area contributed by atoms with Crippen molar-refractivity contribution in [1.82, 2.24) is 0 Å². The number of carbonyl (C=O) groups is 1. The summed E-state index contributed by atoms with van der Waals surface area (Å²) in [5.74, 6) is -1.12. The minimum atomic E-state index is -5.66. The molecular formula is C8H9F3O4S. The molecule has 16 heavy (non-hydrogen) atoms. The molecule has 0 saturated heterocycles. The van der Waals surface area contributed by atoms with Crippen molar-refractivity contribution in [3.8, 4) is 0 Å². The summed E-state index contributed by atoms with van der Waals surface area (Å²) in [5, 5.41) is 0. The van der Waals surface area contributed by atoms with Gasteiger partial charge in [-0.15, -0.1) is 0 Å². The van der Waals surface area contributed by atoms with Gasteiger partial charge >= 0.3 is 15.6 Å². The third-order valence-electron chi connectivity index (χ3n) is 1.92. The van der Waals surface area contributed by atoms with Crippen LogP contribution < -0.4 is 0 Å². The number of carbonyl (C=O) groups excluding carboxylic acids is 1. The van der Waals surface area contributed by atoms with Crippen LogP contribution in [0, 0.1) is 5.92 Å². The van der Waals surface area contributed by atoms with Gasteiger partial charge in [0.2, 0.25) is 0 Å². The largest absolute Gasteiger partial charge is 0.534 e. The number of halogens is 3. The highest BCUT2D eigenvalue weighted by molar-refractivity contribution is 7.87. The maximum Gasteiger partial charge on any atom is 0.534 e. The highest BCUT2D eigenvalue weighted by atomic mass is 32.2. The monoisotopic (exact) mass is 258 g/mol. The average molecular weight is 258 g/mol. The van der Waals surface area contributed by atoms with Crippen LogP contribution in [0.4, 0.5) is 13.2 Å². The minimum absolute atomic E-state index is 0.00104. The molecule has 0 radical (unpaired) electrons. The van der Waals surface area contributed by atoms with Gasteiger partial charge in [-0.2, -0.15) is 21.6 Å². The molecule has 0 aliphatic heterocycles. The molecule has 0 aromatic heterocycles. The zero-order valence-corrected chi connectivity index (χ0v) is 9.06. The predicted molar refractivity (Wildman–Crippen MR) is 47.5 cm³/mol. The first kappa shape index (κ1) is 13.0. The molecule has 1 atom stereocenters. The van der Waals surface area contributed by atoms with Gasteiger partial charge in [0.15, 0.2) is 5.78 Å². The van der Waals surface area contributed by atoms with Crippen molar-refractivity contribution >= 4 is 15.9 Å². The van der Waals surface area contributed by atoms with Gasteiger partial charge in [0, 0.05) is 18.9 Å². The van der Waals surface area contributed by atoms with Gasteiger partial charge in [0.25, 0.3) is 0 Å². The highest BCUT2D eigenvalue weighted by Crippen LogP contribution is 2.30. The third kappa shape index (κ3) is 2.97. The van der Waals surface area contributed by atoms with E-state index < -0.39 is 27.2 Å². The van der Waals surface area contributed by atoms with E-state index in [9.17, 15) is 26.4 Å². The van der Waals surface area contributed by atoms with Gasteiger partial charge in [-0.25, -0.2) is 0 Å². The second-order valence-electron chi connectivity index (χ2n) is 3.57. The number of ketones is 1. The van der Waals surface area contributed by atoms with E-state index in [1.54, 1.807) is 6.92 Å². The molecule has 1 aliphatic carbocycles. The molecule has 0 fully saturated rings. The van der Waals surface area contributed by atoms with Crippen LogP contribution >= 0.6 is 0 Å². The molecule has 0 spiro atoms. The average Bonchev–Trinajstić information content (AvgIpc) is 1.97. The van der Waals surface area contributed by atoms with Crippen LogP contribution in [-0.2, 0) is 19.1 Å². The Morgan fingerprint density at radius 2 is 1.94 bits per heavy atom. The topological polar surface area (TPSA) is 60.4 Å². The Bertz CT molecular complexity index is 421. The molecule has 0 N–H and O–H groups in total. The van der Waals surface area contributed by atoms with Gasteiger partial charge in [0.05, 0.1) is 0 Å². The molecule has 0 aromatic rings. The van der Waals surface area contributed by atoms with Crippen molar-refractivity contribution in [1.29, 1.82) is 0 Å². The van der Waals surface area contributed by atoms with E-state index in [0.29, 0.717) is 0 Å². The lowest BCUT2D eigenvalue weighted by atomic mass is 9.94. The molecule has 92 valence electrons. The molecule has 1 aliphatic rings. The lowest BCUT2D eigenvalue weighted by Crippen LogP contribution is -2.26. The zero-order valence-electron chi connectivity index (χ0n) is 8.24. The maximum atomic E-state index is 12.0. The molecule has 8 heteroatoms. The molecule has 4 nitrogen and oxygen atoms in total.